The van der Waals surface area contributed by atoms with Crippen LogP contribution in [0.1, 0.15) is 40.4 Å². The maximum atomic E-state index is 12.7. The van der Waals surface area contributed by atoms with E-state index in [0.717, 1.165) is 19.3 Å². The lowest BCUT2D eigenvalue weighted by Gasteiger charge is -2.33. The van der Waals surface area contributed by atoms with Gasteiger partial charge in [-0.2, -0.15) is 0 Å². The fourth-order valence-corrected chi connectivity index (χ4v) is 3.64. The first-order chi connectivity index (χ1) is 12.5. The lowest BCUT2D eigenvalue weighted by molar-refractivity contribution is -0.130. The van der Waals surface area contributed by atoms with Crippen LogP contribution in [0.3, 0.4) is 0 Å². The molecule has 2 aromatic rings. The Balaban J connectivity index is 1.68. The van der Waals surface area contributed by atoms with Crippen LogP contribution in [-0.2, 0) is 11.2 Å². The Morgan fingerprint density at radius 1 is 1.27 bits per heavy atom. The Morgan fingerprint density at radius 3 is 2.81 bits per heavy atom. The molecule has 1 atom stereocenters. The lowest BCUT2D eigenvalue weighted by atomic mass is 9.87. The largest absolute Gasteiger partial charge is 0.376 e. The molecule has 0 fully saturated rings. The maximum absolute atomic E-state index is 12.7. The topological polar surface area (TPSA) is 75.4 Å². The number of aryl methyl sites for hydroxylation is 1. The minimum Gasteiger partial charge on any atom is -0.376 e. The van der Waals surface area contributed by atoms with Gasteiger partial charge in [0.15, 0.2) is 0 Å². The summed E-state index contributed by atoms with van der Waals surface area (Å²) in [6.07, 6.45) is 3.10. The van der Waals surface area contributed by atoms with Gasteiger partial charge in [-0.15, -0.1) is 0 Å². The molecule has 3 rings (SSSR count). The third-order valence-corrected chi connectivity index (χ3v) is 5.20. The Bertz CT molecular complexity index is 838. The van der Waals surface area contributed by atoms with Gasteiger partial charge in [0.1, 0.15) is 0 Å². The summed E-state index contributed by atoms with van der Waals surface area (Å²) in [5.41, 5.74) is 8.73. The first-order valence-electron chi connectivity index (χ1n) is 8.64. The van der Waals surface area contributed by atoms with Crippen LogP contribution < -0.4 is 11.1 Å². The molecule has 0 radical (unpaired) electrons. The number of hydrogen-bond donors (Lipinski definition) is 2. The van der Waals surface area contributed by atoms with Crippen molar-refractivity contribution in [2.45, 2.75) is 25.3 Å². The summed E-state index contributed by atoms with van der Waals surface area (Å²) in [6.45, 7) is 0.134. The van der Waals surface area contributed by atoms with Crippen molar-refractivity contribution < 1.29 is 9.59 Å². The highest BCUT2D eigenvalue weighted by Gasteiger charge is 2.26. The molecule has 26 heavy (non-hydrogen) atoms. The Morgan fingerprint density at radius 2 is 2.04 bits per heavy atom. The number of anilines is 1. The molecule has 0 aliphatic heterocycles. The minimum atomic E-state index is -0.596. The van der Waals surface area contributed by atoms with E-state index in [2.05, 4.69) is 17.4 Å². The predicted octanol–water partition coefficient (Wildman–Crippen LogP) is 3.39. The van der Waals surface area contributed by atoms with Crippen LogP contribution in [0.5, 0.6) is 0 Å². The molecule has 1 aliphatic carbocycles. The molecule has 3 N–H and O–H groups in total. The number of amides is 2. The molecule has 0 unspecified atom stereocenters. The zero-order valence-corrected chi connectivity index (χ0v) is 15.4. The number of likely N-dealkylation sites (N-methyl/N-ethyl adjacent to an activating group) is 1. The zero-order chi connectivity index (χ0) is 18.7. The Labute approximate surface area is 158 Å². The first-order valence-corrected chi connectivity index (χ1v) is 9.02. The average Bonchev–Trinajstić information content (AvgIpc) is 2.65. The van der Waals surface area contributed by atoms with Crippen molar-refractivity contribution in [3.8, 4) is 0 Å². The number of halogens is 1. The lowest BCUT2D eigenvalue weighted by Crippen LogP contribution is -2.37. The number of carbonyl (C=O) groups is 2. The molecular weight excluding hydrogens is 350 g/mol. The van der Waals surface area contributed by atoms with Crippen LogP contribution in [0.25, 0.3) is 0 Å². The van der Waals surface area contributed by atoms with Gasteiger partial charge < -0.3 is 16.0 Å². The number of primary amides is 1. The van der Waals surface area contributed by atoms with Gasteiger partial charge in [-0.05, 0) is 48.6 Å². The molecular formula is C20H22ClN3O2. The van der Waals surface area contributed by atoms with E-state index in [1.54, 1.807) is 23.1 Å². The van der Waals surface area contributed by atoms with Crippen LogP contribution in [0.4, 0.5) is 5.69 Å². The minimum absolute atomic E-state index is 0.0118. The van der Waals surface area contributed by atoms with Gasteiger partial charge in [0, 0.05) is 12.7 Å². The highest BCUT2D eigenvalue weighted by molar-refractivity contribution is 6.33. The molecule has 0 spiro atoms. The highest BCUT2D eigenvalue weighted by atomic mass is 35.5. The molecule has 0 saturated heterocycles. The average molecular weight is 372 g/mol. The third-order valence-electron chi connectivity index (χ3n) is 4.87. The van der Waals surface area contributed by atoms with Crippen molar-refractivity contribution in [2.24, 2.45) is 5.73 Å². The van der Waals surface area contributed by atoms with Gasteiger partial charge >= 0.3 is 0 Å². The molecule has 6 heteroatoms. The quantitative estimate of drug-likeness (QED) is 0.845. The molecule has 0 heterocycles. The standard InChI is InChI=1S/C20H22ClN3O2/c1-24(18-8-4-6-13-5-2-3-7-15(13)18)19(25)12-23-14-9-10-17(21)16(11-14)20(22)26/h2-3,5,7,9-11,18,23H,4,6,8,12H2,1H3,(H2,22,26)/t18-/m0/s1. The van der Waals surface area contributed by atoms with Gasteiger partial charge in [-0.25, -0.2) is 0 Å². The number of nitrogens with zero attached hydrogens (tertiary/aromatic N) is 1. The van der Waals surface area contributed by atoms with Gasteiger partial charge in [-0.1, -0.05) is 35.9 Å². The molecule has 0 saturated carbocycles. The van der Waals surface area contributed by atoms with Crippen molar-refractivity contribution in [1.29, 1.82) is 0 Å². The van der Waals surface area contributed by atoms with E-state index < -0.39 is 5.91 Å². The summed E-state index contributed by atoms with van der Waals surface area (Å²) in [7, 11) is 1.84. The zero-order valence-electron chi connectivity index (χ0n) is 14.7. The number of nitrogens with two attached hydrogens (primary N) is 1. The fourth-order valence-electron chi connectivity index (χ4n) is 3.43. The second-order valence-corrected chi connectivity index (χ2v) is 6.93. The van der Waals surface area contributed by atoms with Crippen molar-refractivity contribution in [3.05, 3.63) is 64.2 Å². The van der Waals surface area contributed by atoms with E-state index in [1.807, 2.05) is 19.2 Å². The number of benzene rings is 2. The van der Waals surface area contributed by atoms with E-state index in [9.17, 15) is 9.59 Å². The molecule has 2 aromatic carbocycles. The summed E-state index contributed by atoms with van der Waals surface area (Å²) in [5.74, 6) is -0.608. The van der Waals surface area contributed by atoms with E-state index >= 15 is 0 Å². The summed E-state index contributed by atoms with van der Waals surface area (Å²) in [5, 5.41) is 3.35. The van der Waals surface area contributed by atoms with E-state index in [0.29, 0.717) is 10.7 Å². The Hall–Kier alpha value is -2.53. The van der Waals surface area contributed by atoms with Crippen LogP contribution >= 0.6 is 11.6 Å². The van der Waals surface area contributed by atoms with Gasteiger partial charge in [-0.3, -0.25) is 9.59 Å². The van der Waals surface area contributed by atoms with Gasteiger partial charge in [0.05, 0.1) is 23.2 Å². The number of rotatable bonds is 5. The fraction of sp³-hybridized carbons (Fsp3) is 0.300. The predicted molar refractivity (Wildman–Crippen MR) is 103 cm³/mol. The van der Waals surface area contributed by atoms with Gasteiger partial charge in [0.2, 0.25) is 11.8 Å². The second-order valence-electron chi connectivity index (χ2n) is 6.52. The number of nitrogens with one attached hydrogen (secondary N) is 1. The van der Waals surface area contributed by atoms with E-state index in [1.165, 1.54) is 11.1 Å². The number of fused-ring (bicyclic) bond motifs is 1. The van der Waals surface area contributed by atoms with Crippen molar-refractivity contribution in [3.63, 3.8) is 0 Å². The molecule has 1 aliphatic rings. The van der Waals surface area contributed by atoms with Crippen molar-refractivity contribution in [1.82, 2.24) is 4.90 Å². The number of hydrogen-bond acceptors (Lipinski definition) is 3. The summed E-state index contributed by atoms with van der Waals surface area (Å²) in [6, 6.07) is 13.3. The first kappa shape index (κ1) is 18.3. The summed E-state index contributed by atoms with van der Waals surface area (Å²) < 4.78 is 0. The van der Waals surface area contributed by atoms with Gasteiger partial charge in [0.25, 0.3) is 0 Å². The Kier molecular flexibility index (Phi) is 5.47. The number of carbonyl (C=O) groups excluding carboxylic acids is 2. The normalized spacial score (nSPS) is 15.8. The summed E-state index contributed by atoms with van der Waals surface area (Å²) in [4.78, 5) is 25.8. The maximum Gasteiger partial charge on any atom is 0.250 e. The third kappa shape index (κ3) is 3.83. The monoisotopic (exact) mass is 371 g/mol. The van der Waals surface area contributed by atoms with Crippen LogP contribution in [0.2, 0.25) is 5.02 Å². The molecule has 2 amide bonds. The SMILES string of the molecule is CN(C(=O)CNc1ccc(Cl)c(C(N)=O)c1)[C@H]1CCCc2ccccc21. The highest BCUT2D eigenvalue weighted by Crippen LogP contribution is 2.33. The smallest absolute Gasteiger partial charge is 0.250 e. The van der Waals surface area contributed by atoms with Crippen molar-refractivity contribution >= 4 is 29.1 Å². The van der Waals surface area contributed by atoms with Crippen LogP contribution in [0.15, 0.2) is 42.5 Å². The van der Waals surface area contributed by atoms with Crippen molar-refractivity contribution in [2.75, 3.05) is 18.9 Å². The second kappa shape index (κ2) is 7.79. The van der Waals surface area contributed by atoms with Crippen LogP contribution in [0, 0.1) is 0 Å². The molecule has 0 aromatic heterocycles. The van der Waals surface area contributed by atoms with E-state index in [4.69, 9.17) is 17.3 Å². The molecule has 0 bridgehead atoms. The molecule has 136 valence electrons. The van der Waals surface area contributed by atoms with Crippen LogP contribution in [-0.4, -0.2) is 30.3 Å². The van der Waals surface area contributed by atoms with E-state index in [-0.39, 0.29) is 24.1 Å². The summed E-state index contributed by atoms with van der Waals surface area (Å²) >= 11 is 5.95. The molecule has 5 nitrogen and oxygen atoms in total.